The lowest BCUT2D eigenvalue weighted by molar-refractivity contribution is 0.308. The molecule has 0 radical (unpaired) electrons. The first-order chi connectivity index (χ1) is 7.29. The van der Waals surface area contributed by atoms with Gasteiger partial charge in [0.05, 0.1) is 6.07 Å². The average Bonchev–Trinajstić information content (AvgIpc) is 2.68. The van der Waals surface area contributed by atoms with Crippen LogP contribution in [0.25, 0.3) is 0 Å². The van der Waals surface area contributed by atoms with E-state index in [2.05, 4.69) is 27.0 Å². The highest BCUT2D eigenvalue weighted by Crippen LogP contribution is 2.11. The minimum Gasteiger partial charge on any atom is -0.336 e. The Morgan fingerprint density at radius 3 is 2.80 bits per heavy atom. The molecule has 1 aliphatic rings. The minimum absolute atomic E-state index is 0.181. The fourth-order valence-electron chi connectivity index (χ4n) is 1.52. The molecule has 0 aliphatic carbocycles. The van der Waals surface area contributed by atoms with Gasteiger partial charge in [0, 0.05) is 26.2 Å². The quantitative estimate of drug-likeness (QED) is 0.673. The first-order valence-electron chi connectivity index (χ1n) is 4.92. The second-order valence-electron chi connectivity index (χ2n) is 3.61. The van der Waals surface area contributed by atoms with Gasteiger partial charge in [0.2, 0.25) is 5.89 Å². The third-order valence-corrected chi connectivity index (χ3v) is 2.47. The van der Waals surface area contributed by atoms with Crippen LogP contribution in [0.4, 0.5) is 5.95 Å². The summed E-state index contributed by atoms with van der Waals surface area (Å²) in [5, 5.41) is 12.3. The Kier molecular flexibility index (Phi) is 2.83. The maximum atomic E-state index is 8.48. The summed E-state index contributed by atoms with van der Waals surface area (Å²) >= 11 is 0. The molecule has 1 aliphatic heterocycles. The summed E-state index contributed by atoms with van der Waals surface area (Å²) in [4.78, 5) is 8.49. The predicted molar refractivity (Wildman–Crippen MR) is 53.3 cm³/mol. The van der Waals surface area contributed by atoms with Crippen molar-refractivity contribution in [1.29, 1.82) is 5.26 Å². The lowest BCUT2D eigenvalue weighted by Gasteiger charge is -2.31. The van der Waals surface area contributed by atoms with Crippen molar-refractivity contribution in [3.8, 4) is 6.07 Å². The molecule has 80 valence electrons. The molecule has 2 rings (SSSR count). The maximum Gasteiger partial charge on any atom is 0.266 e. The molecule has 6 heteroatoms. The molecule has 0 saturated carbocycles. The molecular formula is C9H13N5O. The third-order valence-electron chi connectivity index (χ3n) is 2.47. The number of likely N-dealkylation sites (N-methyl/N-ethyl adjacent to an activating group) is 1. The van der Waals surface area contributed by atoms with Crippen molar-refractivity contribution in [2.75, 3.05) is 38.1 Å². The normalized spacial score (nSPS) is 17.7. The van der Waals surface area contributed by atoms with Crippen molar-refractivity contribution < 1.29 is 4.52 Å². The fraction of sp³-hybridized carbons (Fsp3) is 0.667. The molecule has 1 aromatic rings. The summed E-state index contributed by atoms with van der Waals surface area (Å²) in [5.74, 6) is 1.000. The van der Waals surface area contributed by atoms with Gasteiger partial charge in [-0.05, 0) is 12.2 Å². The molecule has 0 atom stereocenters. The van der Waals surface area contributed by atoms with Crippen LogP contribution < -0.4 is 4.90 Å². The molecule has 0 amide bonds. The topological polar surface area (TPSA) is 69.2 Å². The van der Waals surface area contributed by atoms with Crippen molar-refractivity contribution >= 4 is 5.95 Å². The smallest absolute Gasteiger partial charge is 0.266 e. The molecule has 15 heavy (non-hydrogen) atoms. The van der Waals surface area contributed by atoms with E-state index in [4.69, 9.17) is 9.78 Å². The molecule has 0 N–H and O–H groups in total. The maximum absolute atomic E-state index is 8.48. The van der Waals surface area contributed by atoms with Gasteiger partial charge in [-0.1, -0.05) is 0 Å². The van der Waals surface area contributed by atoms with E-state index in [9.17, 15) is 0 Å². The fourth-order valence-corrected chi connectivity index (χ4v) is 1.52. The Morgan fingerprint density at radius 1 is 1.40 bits per heavy atom. The van der Waals surface area contributed by atoms with E-state index in [1.165, 1.54) is 0 Å². The first kappa shape index (κ1) is 9.93. The molecule has 0 aromatic carbocycles. The first-order valence-corrected chi connectivity index (χ1v) is 4.92. The van der Waals surface area contributed by atoms with Crippen molar-refractivity contribution in [3.63, 3.8) is 0 Å². The van der Waals surface area contributed by atoms with Gasteiger partial charge in [-0.3, -0.25) is 0 Å². The van der Waals surface area contributed by atoms with Crippen molar-refractivity contribution in [2.24, 2.45) is 0 Å². The molecule has 6 nitrogen and oxygen atoms in total. The van der Waals surface area contributed by atoms with Crippen LogP contribution in [0.3, 0.4) is 0 Å². The summed E-state index contributed by atoms with van der Waals surface area (Å²) in [6, 6.07) is 1.98. The van der Waals surface area contributed by atoms with Gasteiger partial charge in [0.25, 0.3) is 5.95 Å². The van der Waals surface area contributed by atoms with Gasteiger partial charge < -0.3 is 14.3 Å². The van der Waals surface area contributed by atoms with Crippen LogP contribution >= 0.6 is 0 Å². The van der Waals surface area contributed by atoms with E-state index in [1.54, 1.807) is 0 Å². The van der Waals surface area contributed by atoms with E-state index in [0.717, 1.165) is 26.2 Å². The number of hydrogen-bond donors (Lipinski definition) is 0. The SMILES string of the molecule is CN1CCN(c2noc(CC#N)n2)CC1. The van der Waals surface area contributed by atoms with Crippen LogP contribution in [-0.2, 0) is 6.42 Å². The minimum atomic E-state index is 0.181. The summed E-state index contributed by atoms with van der Waals surface area (Å²) in [7, 11) is 2.09. The zero-order valence-corrected chi connectivity index (χ0v) is 8.68. The summed E-state index contributed by atoms with van der Waals surface area (Å²) in [6.45, 7) is 3.81. The van der Waals surface area contributed by atoms with E-state index >= 15 is 0 Å². The molecule has 1 aromatic heterocycles. The van der Waals surface area contributed by atoms with Gasteiger partial charge in [-0.15, -0.1) is 0 Å². The highest BCUT2D eigenvalue weighted by atomic mass is 16.5. The molecule has 1 saturated heterocycles. The lowest BCUT2D eigenvalue weighted by atomic mass is 10.3. The Hall–Kier alpha value is -1.61. The van der Waals surface area contributed by atoms with Crippen molar-refractivity contribution in [2.45, 2.75) is 6.42 Å². The highest BCUT2D eigenvalue weighted by Gasteiger charge is 2.18. The summed E-state index contributed by atoms with van der Waals surface area (Å²) in [5.41, 5.74) is 0. The standard InChI is InChI=1S/C9H13N5O/c1-13-4-6-14(7-5-13)9-11-8(2-3-10)15-12-9/h2,4-7H2,1H3. The lowest BCUT2D eigenvalue weighted by Crippen LogP contribution is -2.44. The van der Waals surface area contributed by atoms with Crippen molar-refractivity contribution in [1.82, 2.24) is 15.0 Å². The van der Waals surface area contributed by atoms with E-state index in [-0.39, 0.29) is 6.42 Å². The second kappa shape index (κ2) is 4.28. The Labute approximate surface area is 88.1 Å². The summed E-state index contributed by atoms with van der Waals surface area (Å²) in [6.07, 6.45) is 0.181. The molecule has 0 unspecified atom stereocenters. The Balaban J connectivity index is 2.00. The van der Waals surface area contributed by atoms with Gasteiger partial charge in [0.15, 0.2) is 0 Å². The van der Waals surface area contributed by atoms with Gasteiger partial charge in [0.1, 0.15) is 6.42 Å². The number of nitriles is 1. The zero-order valence-electron chi connectivity index (χ0n) is 8.68. The largest absolute Gasteiger partial charge is 0.336 e. The zero-order chi connectivity index (χ0) is 10.7. The number of hydrogen-bond acceptors (Lipinski definition) is 6. The van der Waals surface area contributed by atoms with E-state index < -0.39 is 0 Å². The van der Waals surface area contributed by atoms with Crippen molar-refractivity contribution in [3.05, 3.63) is 5.89 Å². The number of anilines is 1. The van der Waals surface area contributed by atoms with Gasteiger partial charge in [-0.25, -0.2) is 0 Å². The molecule has 2 heterocycles. The monoisotopic (exact) mass is 207 g/mol. The summed E-state index contributed by atoms with van der Waals surface area (Å²) < 4.78 is 4.95. The molecular weight excluding hydrogens is 194 g/mol. The van der Waals surface area contributed by atoms with Crippen LogP contribution in [0, 0.1) is 11.3 Å². The van der Waals surface area contributed by atoms with Crippen LogP contribution in [0.2, 0.25) is 0 Å². The molecule has 1 fully saturated rings. The van der Waals surface area contributed by atoms with Crippen LogP contribution in [0.15, 0.2) is 4.52 Å². The number of nitrogens with zero attached hydrogens (tertiary/aromatic N) is 5. The Bertz CT molecular complexity index is 361. The van der Waals surface area contributed by atoms with Crippen LogP contribution in [0.5, 0.6) is 0 Å². The van der Waals surface area contributed by atoms with Crippen LogP contribution in [0.1, 0.15) is 5.89 Å². The van der Waals surface area contributed by atoms with E-state index in [0.29, 0.717) is 11.8 Å². The molecule has 0 bridgehead atoms. The van der Waals surface area contributed by atoms with Crippen LogP contribution in [-0.4, -0.2) is 48.3 Å². The Morgan fingerprint density at radius 2 is 2.13 bits per heavy atom. The van der Waals surface area contributed by atoms with Gasteiger partial charge >= 0.3 is 0 Å². The average molecular weight is 207 g/mol. The number of aromatic nitrogens is 2. The van der Waals surface area contributed by atoms with E-state index in [1.807, 2.05) is 6.07 Å². The highest BCUT2D eigenvalue weighted by molar-refractivity contribution is 5.28. The second-order valence-corrected chi connectivity index (χ2v) is 3.61. The molecule has 0 spiro atoms. The third kappa shape index (κ3) is 2.25. The predicted octanol–water partition coefficient (Wildman–Crippen LogP) is -0.113. The number of piperazine rings is 1. The number of rotatable bonds is 2. The van der Waals surface area contributed by atoms with Gasteiger partial charge in [-0.2, -0.15) is 10.2 Å².